The van der Waals surface area contributed by atoms with Gasteiger partial charge in [-0.3, -0.25) is 4.79 Å². The number of benzene rings is 1. The Kier molecular flexibility index (Phi) is 3.13. The van der Waals surface area contributed by atoms with E-state index in [2.05, 4.69) is 10.1 Å². The Morgan fingerprint density at radius 1 is 1.18 bits per heavy atom. The molecule has 3 aromatic heterocycles. The van der Waals surface area contributed by atoms with Crippen molar-refractivity contribution in [3.05, 3.63) is 67.1 Å². The summed E-state index contributed by atoms with van der Waals surface area (Å²) in [4.78, 5) is 18.6. The van der Waals surface area contributed by atoms with Gasteiger partial charge in [-0.2, -0.15) is 9.50 Å². The molecule has 0 amide bonds. The lowest BCUT2D eigenvalue weighted by Crippen LogP contribution is -2.23. The van der Waals surface area contributed by atoms with Gasteiger partial charge in [0.05, 0.1) is 4.53 Å². The van der Waals surface area contributed by atoms with Gasteiger partial charge in [-0.15, -0.1) is 16.4 Å². The molecule has 108 valence electrons. The number of nitrogens with zero attached hydrogens (tertiary/aromatic N) is 3. The van der Waals surface area contributed by atoms with Gasteiger partial charge in [0.2, 0.25) is 4.96 Å². The maximum Gasteiger partial charge on any atom is 0.291 e. The molecule has 1 aromatic carbocycles. The minimum Gasteiger partial charge on any atom is -0.266 e. The molecule has 0 saturated heterocycles. The van der Waals surface area contributed by atoms with E-state index in [0.717, 1.165) is 16.0 Å². The molecule has 4 aromatic rings. The van der Waals surface area contributed by atoms with E-state index in [1.807, 2.05) is 54.8 Å². The van der Waals surface area contributed by atoms with Gasteiger partial charge in [-0.1, -0.05) is 41.7 Å². The smallest absolute Gasteiger partial charge is 0.266 e. The molecule has 6 heteroatoms. The van der Waals surface area contributed by atoms with E-state index >= 15 is 0 Å². The molecule has 0 fully saturated rings. The molecule has 0 radical (unpaired) electrons. The minimum atomic E-state index is -0.110. The number of hydrogen-bond acceptors (Lipinski definition) is 5. The number of aryl methyl sites for hydroxylation is 1. The van der Waals surface area contributed by atoms with E-state index in [0.29, 0.717) is 15.3 Å². The van der Waals surface area contributed by atoms with Crippen LogP contribution in [0, 0.1) is 6.92 Å². The van der Waals surface area contributed by atoms with Crippen molar-refractivity contribution in [3.8, 4) is 11.4 Å². The molecule has 4 rings (SSSR count). The molecule has 0 saturated carbocycles. The molecule has 0 aliphatic heterocycles. The standard InChI is InChI=1S/C16H11N3OS2/c1-10-5-2-3-7-12(10)14-17-16-19(18-14)15(20)13(22-16)9-11-6-4-8-21-11/h2-9H,1H3/b13-9-. The lowest BCUT2D eigenvalue weighted by atomic mass is 10.1. The molecular formula is C16H11N3OS2. The van der Waals surface area contributed by atoms with Crippen molar-refractivity contribution in [1.82, 2.24) is 14.6 Å². The van der Waals surface area contributed by atoms with E-state index < -0.39 is 0 Å². The van der Waals surface area contributed by atoms with Gasteiger partial charge >= 0.3 is 0 Å². The van der Waals surface area contributed by atoms with Crippen LogP contribution in [0.15, 0.2) is 46.6 Å². The topological polar surface area (TPSA) is 47.3 Å². The molecule has 3 heterocycles. The Balaban J connectivity index is 1.88. The SMILES string of the molecule is Cc1ccccc1-c1nc2s/c(=C\c3cccs3)c(=O)n2n1. The average Bonchev–Trinajstić information content (AvgIpc) is 3.20. The first kappa shape index (κ1) is 13.4. The number of hydrogen-bond donors (Lipinski definition) is 0. The Labute approximate surface area is 134 Å². The zero-order valence-corrected chi connectivity index (χ0v) is 13.3. The molecule has 0 aliphatic rings. The third-order valence-electron chi connectivity index (χ3n) is 3.38. The summed E-state index contributed by atoms with van der Waals surface area (Å²) in [6.07, 6.45) is 1.89. The van der Waals surface area contributed by atoms with Crippen molar-refractivity contribution in [1.29, 1.82) is 0 Å². The fourth-order valence-electron chi connectivity index (χ4n) is 2.27. The van der Waals surface area contributed by atoms with Gasteiger partial charge in [-0.05, 0) is 30.0 Å². The number of thiazole rings is 1. The maximum atomic E-state index is 12.4. The summed E-state index contributed by atoms with van der Waals surface area (Å²) in [6, 6.07) is 11.9. The molecule has 0 atom stereocenters. The molecule has 4 nitrogen and oxygen atoms in total. The second kappa shape index (κ2) is 5.15. The van der Waals surface area contributed by atoms with Crippen LogP contribution in [-0.4, -0.2) is 14.6 Å². The van der Waals surface area contributed by atoms with Crippen LogP contribution < -0.4 is 10.1 Å². The predicted molar refractivity (Wildman–Crippen MR) is 90.4 cm³/mol. The molecule has 0 bridgehead atoms. The second-order valence-electron chi connectivity index (χ2n) is 4.88. The summed E-state index contributed by atoms with van der Waals surface area (Å²) in [6.45, 7) is 2.01. The van der Waals surface area contributed by atoms with Gasteiger partial charge < -0.3 is 0 Å². The van der Waals surface area contributed by atoms with Crippen LogP contribution in [-0.2, 0) is 0 Å². The third-order valence-corrected chi connectivity index (χ3v) is 5.16. The first-order valence-electron chi connectivity index (χ1n) is 6.73. The van der Waals surface area contributed by atoms with E-state index in [4.69, 9.17) is 0 Å². The summed E-state index contributed by atoms with van der Waals surface area (Å²) >= 11 is 2.97. The summed E-state index contributed by atoms with van der Waals surface area (Å²) < 4.78 is 2.06. The highest BCUT2D eigenvalue weighted by Gasteiger charge is 2.13. The minimum absolute atomic E-state index is 0.110. The number of rotatable bonds is 2. The van der Waals surface area contributed by atoms with E-state index in [9.17, 15) is 4.79 Å². The van der Waals surface area contributed by atoms with Crippen LogP contribution in [0.4, 0.5) is 0 Å². The number of fused-ring (bicyclic) bond motifs is 1. The molecule has 0 spiro atoms. The largest absolute Gasteiger partial charge is 0.291 e. The average molecular weight is 325 g/mol. The van der Waals surface area contributed by atoms with E-state index in [1.54, 1.807) is 11.3 Å². The van der Waals surface area contributed by atoms with E-state index in [-0.39, 0.29) is 5.56 Å². The zero-order valence-electron chi connectivity index (χ0n) is 11.7. The van der Waals surface area contributed by atoms with Crippen LogP contribution >= 0.6 is 22.7 Å². The lowest BCUT2D eigenvalue weighted by molar-refractivity contribution is 0.936. The van der Waals surface area contributed by atoms with Crippen LogP contribution in [0.1, 0.15) is 10.4 Å². The molecule has 0 aliphatic carbocycles. The fourth-order valence-corrected chi connectivity index (χ4v) is 3.90. The van der Waals surface area contributed by atoms with Gasteiger partial charge in [0.1, 0.15) is 0 Å². The van der Waals surface area contributed by atoms with Crippen LogP contribution in [0.5, 0.6) is 0 Å². The summed E-state index contributed by atoms with van der Waals surface area (Å²) in [5.41, 5.74) is 1.95. The van der Waals surface area contributed by atoms with Crippen molar-refractivity contribution < 1.29 is 0 Å². The highest BCUT2D eigenvalue weighted by atomic mass is 32.1. The number of aromatic nitrogens is 3. The zero-order chi connectivity index (χ0) is 15.1. The molecular weight excluding hydrogens is 314 g/mol. The lowest BCUT2D eigenvalue weighted by Gasteiger charge is -1.98. The van der Waals surface area contributed by atoms with Crippen molar-refractivity contribution in [3.63, 3.8) is 0 Å². The van der Waals surface area contributed by atoms with Crippen LogP contribution in [0.2, 0.25) is 0 Å². The molecule has 22 heavy (non-hydrogen) atoms. The Bertz CT molecular complexity index is 1060. The monoisotopic (exact) mass is 325 g/mol. The van der Waals surface area contributed by atoms with Crippen molar-refractivity contribution in [2.24, 2.45) is 0 Å². The first-order chi connectivity index (χ1) is 10.7. The molecule has 0 unspecified atom stereocenters. The van der Waals surface area contributed by atoms with Gasteiger partial charge in [-0.25, -0.2) is 0 Å². The summed E-state index contributed by atoms with van der Waals surface area (Å²) in [7, 11) is 0. The normalized spacial score (nSPS) is 12.3. The van der Waals surface area contributed by atoms with Crippen molar-refractivity contribution in [2.75, 3.05) is 0 Å². The van der Waals surface area contributed by atoms with Crippen molar-refractivity contribution >= 4 is 33.7 Å². The Morgan fingerprint density at radius 2 is 2.05 bits per heavy atom. The second-order valence-corrected chi connectivity index (χ2v) is 6.86. The van der Waals surface area contributed by atoms with Crippen molar-refractivity contribution in [2.45, 2.75) is 6.92 Å². The Hall–Kier alpha value is -2.31. The van der Waals surface area contributed by atoms with Gasteiger partial charge in [0.25, 0.3) is 5.56 Å². The Morgan fingerprint density at radius 3 is 2.77 bits per heavy atom. The van der Waals surface area contributed by atoms with Gasteiger partial charge in [0.15, 0.2) is 5.82 Å². The van der Waals surface area contributed by atoms with Crippen LogP contribution in [0.3, 0.4) is 0 Å². The highest BCUT2D eigenvalue weighted by Crippen LogP contribution is 2.20. The van der Waals surface area contributed by atoms with E-state index in [1.165, 1.54) is 15.9 Å². The molecule has 0 N–H and O–H groups in total. The first-order valence-corrected chi connectivity index (χ1v) is 8.43. The fraction of sp³-hybridized carbons (Fsp3) is 0.0625. The maximum absolute atomic E-state index is 12.4. The highest BCUT2D eigenvalue weighted by molar-refractivity contribution is 7.15. The predicted octanol–water partition coefficient (Wildman–Crippen LogP) is 2.74. The summed E-state index contributed by atoms with van der Waals surface area (Å²) in [5, 5.41) is 6.37. The van der Waals surface area contributed by atoms with Crippen LogP contribution in [0.25, 0.3) is 22.4 Å². The summed E-state index contributed by atoms with van der Waals surface area (Å²) in [5.74, 6) is 0.601. The number of thiophene rings is 1. The van der Waals surface area contributed by atoms with Gasteiger partial charge in [0, 0.05) is 10.4 Å². The third kappa shape index (κ3) is 2.17. The quantitative estimate of drug-likeness (QED) is 0.569.